The van der Waals surface area contributed by atoms with Crippen molar-refractivity contribution < 1.29 is 8.42 Å². The molecule has 0 aliphatic heterocycles. The minimum atomic E-state index is -3.69. The average Bonchev–Trinajstić information content (AvgIpc) is 3.32. The predicted octanol–water partition coefficient (Wildman–Crippen LogP) is 8.17. The first kappa shape index (κ1) is 32.4. The Morgan fingerprint density at radius 1 is 0.727 bits per heavy atom. The number of aromatic nitrogens is 3. The number of aryl methyl sites for hydroxylation is 4. The highest BCUT2D eigenvalue weighted by Gasteiger charge is 2.28. The number of nitrogens with one attached hydrogen (secondary N) is 2. The monoisotopic (exact) mass is 670 g/mol. The average molecular weight is 672 g/mol. The van der Waals surface area contributed by atoms with Gasteiger partial charge in [-0.05, 0) is 95.5 Å². The first-order valence-corrected chi connectivity index (χ1v) is 17.6. The van der Waals surface area contributed by atoms with Gasteiger partial charge in [0.05, 0.1) is 21.7 Å². The van der Waals surface area contributed by atoms with Gasteiger partial charge in [0.2, 0.25) is 0 Å². The fourth-order valence-corrected chi connectivity index (χ4v) is 8.77. The Kier molecular flexibility index (Phi) is 10.3. The molecule has 12 heteroatoms. The second kappa shape index (κ2) is 14.0. The molecule has 3 heterocycles. The van der Waals surface area contributed by atoms with Gasteiger partial charge in [0.15, 0.2) is 4.21 Å². The van der Waals surface area contributed by atoms with Crippen molar-refractivity contribution in [3.8, 4) is 0 Å². The van der Waals surface area contributed by atoms with Crippen molar-refractivity contribution in [2.45, 2.75) is 51.2 Å². The van der Waals surface area contributed by atoms with Crippen LogP contribution in [0.3, 0.4) is 0 Å². The number of halogens is 2. The summed E-state index contributed by atoms with van der Waals surface area (Å²) in [5, 5.41) is 10.9. The van der Waals surface area contributed by atoms with E-state index >= 15 is 0 Å². The molecule has 232 valence electrons. The van der Waals surface area contributed by atoms with Gasteiger partial charge in [-0.1, -0.05) is 23.2 Å². The van der Waals surface area contributed by atoms with E-state index in [1.807, 2.05) is 69.3 Å². The standard InChI is InChI=1S/C32H36Cl2N6O2S2/c1-20-16-30(26-18-24(33)8-10-28(26)37-20)35-12-5-6-14-40(44(41,42)32-22(3)39-23(4)43-32)15-7-13-36-31-17-21(2)38-29-11-9-25(34)19-27(29)31/h8-11,16-19H,5-7,12-15H2,1-4H3,(H,35,37)(H,36,38). The number of pyridine rings is 2. The van der Waals surface area contributed by atoms with Crippen LogP contribution < -0.4 is 10.6 Å². The van der Waals surface area contributed by atoms with Gasteiger partial charge in [0.1, 0.15) is 0 Å². The normalized spacial score (nSPS) is 12.0. The molecule has 0 aliphatic carbocycles. The van der Waals surface area contributed by atoms with Crippen molar-refractivity contribution in [2.24, 2.45) is 0 Å². The zero-order chi connectivity index (χ0) is 31.4. The maximum atomic E-state index is 13.8. The third-order valence-electron chi connectivity index (χ3n) is 7.28. The summed E-state index contributed by atoms with van der Waals surface area (Å²) in [6, 6.07) is 15.3. The highest BCUT2D eigenvalue weighted by molar-refractivity contribution is 7.91. The smallest absolute Gasteiger partial charge is 0.254 e. The lowest BCUT2D eigenvalue weighted by molar-refractivity contribution is 0.400. The number of rotatable bonds is 13. The van der Waals surface area contributed by atoms with Crippen LogP contribution in [0.2, 0.25) is 10.0 Å². The van der Waals surface area contributed by atoms with Gasteiger partial charge >= 0.3 is 0 Å². The van der Waals surface area contributed by atoms with Crippen molar-refractivity contribution >= 4 is 77.7 Å². The molecule has 3 aromatic heterocycles. The highest BCUT2D eigenvalue weighted by Crippen LogP contribution is 2.29. The molecule has 0 bridgehead atoms. The summed E-state index contributed by atoms with van der Waals surface area (Å²) >= 11 is 13.7. The largest absolute Gasteiger partial charge is 0.384 e. The van der Waals surface area contributed by atoms with Gasteiger partial charge in [0.25, 0.3) is 10.0 Å². The van der Waals surface area contributed by atoms with Crippen LogP contribution in [0.4, 0.5) is 11.4 Å². The summed E-state index contributed by atoms with van der Waals surface area (Å²) < 4.78 is 29.5. The SMILES string of the molecule is Cc1cc(NCCCCN(CCCNc2cc(C)nc3ccc(Cl)cc23)S(=O)(=O)c2sc(C)nc2C)c2cc(Cl)ccc2n1. The van der Waals surface area contributed by atoms with E-state index in [1.54, 1.807) is 11.2 Å². The Labute approximate surface area is 272 Å². The molecule has 0 saturated carbocycles. The predicted molar refractivity (Wildman–Crippen MR) is 184 cm³/mol. The zero-order valence-corrected chi connectivity index (χ0v) is 28.4. The topological polar surface area (TPSA) is 100 Å². The van der Waals surface area contributed by atoms with E-state index in [-0.39, 0.29) is 0 Å². The van der Waals surface area contributed by atoms with Crippen LogP contribution in [0.15, 0.2) is 52.7 Å². The van der Waals surface area contributed by atoms with Crippen molar-refractivity contribution in [3.63, 3.8) is 0 Å². The molecule has 5 aromatic rings. The number of fused-ring (bicyclic) bond motifs is 2. The number of anilines is 2. The van der Waals surface area contributed by atoms with Gasteiger partial charge in [-0.3, -0.25) is 9.97 Å². The van der Waals surface area contributed by atoms with E-state index in [0.29, 0.717) is 59.0 Å². The second-order valence-electron chi connectivity index (χ2n) is 10.9. The van der Waals surface area contributed by atoms with Crippen LogP contribution in [0.1, 0.15) is 41.4 Å². The fourth-order valence-electron chi connectivity index (χ4n) is 5.29. The molecule has 5 rings (SSSR count). The molecule has 0 fully saturated rings. The third kappa shape index (κ3) is 7.61. The molecule has 0 saturated heterocycles. The Morgan fingerprint density at radius 2 is 1.25 bits per heavy atom. The Bertz CT molecular complexity index is 1910. The maximum Gasteiger partial charge on any atom is 0.254 e. The van der Waals surface area contributed by atoms with Crippen LogP contribution in [-0.4, -0.2) is 53.9 Å². The van der Waals surface area contributed by atoms with Crippen molar-refractivity contribution in [1.82, 2.24) is 19.3 Å². The van der Waals surface area contributed by atoms with Crippen LogP contribution >= 0.6 is 34.5 Å². The van der Waals surface area contributed by atoms with Gasteiger partial charge in [0, 0.05) is 69.8 Å². The lowest BCUT2D eigenvalue weighted by Crippen LogP contribution is -2.34. The van der Waals surface area contributed by atoms with Crippen LogP contribution in [0, 0.1) is 27.7 Å². The van der Waals surface area contributed by atoms with Gasteiger partial charge < -0.3 is 10.6 Å². The fraction of sp³-hybridized carbons (Fsp3) is 0.344. The van der Waals surface area contributed by atoms with E-state index in [9.17, 15) is 8.42 Å². The van der Waals surface area contributed by atoms with Crippen LogP contribution in [0.25, 0.3) is 21.8 Å². The number of nitrogens with zero attached hydrogens (tertiary/aromatic N) is 4. The summed E-state index contributed by atoms with van der Waals surface area (Å²) in [6.07, 6.45) is 2.12. The van der Waals surface area contributed by atoms with Gasteiger partial charge in [-0.25, -0.2) is 13.4 Å². The van der Waals surface area contributed by atoms with E-state index in [0.717, 1.165) is 56.0 Å². The van der Waals surface area contributed by atoms with Gasteiger partial charge in [-0.15, -0.1) is 11.3 Å². The molecule has 44 heavy (non-hydrogen) atoms. The van der Waals surface area contributed by atoms with Crippen LogP contribution in [-0.2, 0) is 10.0 Å². The van der Waals surface area contributed by atoms with E-state index in [2.05, 4.69) is 25.6 Å². The zero-order valence-electron chi connectivity index (χ0n) is 25.2. The summed E-state index contributed by atoms with van der Waals surface area (Å²) in [5.74, 6) is 0. The number of hydrogen-bond donors (Lipinski definition) is 2. The molecule has 0 spiro atoms. The number of sulfonamides is 1. The molecule has 8 nitrogen and oxygen atoms in total. The van der Waals surface area contributed by atoms with Crippen molar-refractivity contribution in [3.05, 3.63) is 80.7 Å². The quantitative estimate of drug-likeness (QED) is 0.122. The number of unbranched alkanes of at least 4 members (excludes halogenated alkanes) is 1. The Balaban J connectivity index is 1.24. The van der Waals surface area contributed by atoms with Crippen molar-refractivity contribution in [1.29, 1.82) is 0 Å². The van der Waals surface area contributed by atoms with Crippen molar-refractivity contribution in [2.75, 3.05) is 36.8 Å². The molecule has 2 aromatic carbocycles. The molecule has 0 unspecified atom stereocenters. The second-order valence-corrected chi connectivity index (χ2v) is 15.1. The number of benzene rings is 2. The molecule has 2 N–H and O–H groups in total. The Hall–Kier alpha value is -3.02. The first-order valence-electron chi connectivity index (χ1n) is 14.6. The van der Waals surface area contributed by atoms with E-state index < -0.39 is 10.0 Å². The minimum absolute atomic E-state index is 0.321. The summed E-state index contributed by atoms with van der Waals surface area (Å²) in [5.41, 5.74) is 6.02. The molecule has 0 aliphatic rings. The molecule has 0 atom stereocenters. The summed E-state index contributed by atoms with van der Waals surface area (Å²) in [4.78, 5) is 13.6. The summed E-state index contributed by atoms with van der Waals surface area (Å²) in [7, 11) is -3.69. The first-order chi connectivity index (χ1) is 21.0. The molecule has 0 radical (unpaired) electrons. The molecule has 0 amide bonds. The number of thiazole rings is 1. The lowest BCUT2D eigenvalue weighted by atomic mass is 10.1. The Morgan fingerprint density at radius 3 is 1.77 bits per heavy atom. The summed E-state index contributed by atoms with van der Waals surface area (Å²) in [6.45, 7) is 9.59. The number of hydrogen-bond acceptors (Lipinski definition) is 8. The maximum absolute atomic E-state index is 13.8. The van der Waals surface area contributed by atoms with Gasteiger partial charge in [-0.2, -0.15) is 4.31 Å². The lowest BCUT2D eigenvalue weighted by Gasteiger charge is -2.22. The van der Waals surface area contributed by atoms with Crippen LogP contribution in [0.5, 0.6) is 0 Å². The van der Waals surface area contributed by atoms with E-state index in [1.165, 1.54) is 11.3 Å². The van der Waals surface area contributed by atoms with E-state index in [4.69, 9.17) is 23.2 Å². The minimum Gasteiger partial charge on any atom is -0.384 e. The third-order valence-corrected chi connectivity index (χ3v) is 11.3. The molecular formula is C32H36Cl2N6O2S2. The highest BCUT2D eigenvalue weighted by atomic mass is 35.5. The molecular weight excluding hydrogens is 635 g/mol.